The molecule has 1 aliphatic rings. The van der Waals surface area contributed by atoms with E-state index in [0.717, 1.165) is 16.3 Å². The molecule has 135 valence electrons. The molecule has 0 spiro atoms. The summed E-state index contributed by atoms with van der Waals surface area (Å²) in [7, 11) is 0. The number of rotatable bonds is 4. The third-order valence-corrected chi connectivity index (χ3v) is 4.07. The van der Waals surface area contributed by atoms with Gasteiger partial charge in [-0.05, 0) is 23.8 Å². The molecule has 6 nitrogen and oxygen atoms in total. The molecule has 27 heavy (non-hydrogen) atoms. The molecular weight excluding hydrogens is 349 g/mol. The average Bonchev–Trinajstić information content (AvgIpc) is 3.25. The summed E-state index contributed by atoms with van der Waals surface area (Å²) in [6, 6.07) is 14.1. The van der Waals surface area contributed by atoms with Crippen molar-refractivity contribution in [2.45, 2.75) is 12.7 Å². The molecule has 3 aromatic rings. The molecule has 1 atom stereocenters. The number of hydrogen-bond donors (Lipinski definition) is 1. The zero-order valence-corrected chi connectivity index (χ0v) is 14.1. The van der Waals surface area contributed by atoms with Crippen molar-refractivity contribution < 1.29 is 18.7 Å². The summed E-state index contributed by atoms with van der Waals surface area (Å²) >= 11 is 0. The Bertz CT molecular complexity index is 1060. The predicted octanol–water partition coefficient (Wildman–Crippen LogP) is 3.37. The van der Waals surface area contributed by atoms with Gasteiger partial charge in [-0.2, -0.15) is 9.78 Å². The van der Waals surface area contributed by atoms with Crippen LogP contribution in [0.5, 0.6) is 0 Å². The fourth-order valence-corrected chi connectivity index (χ4v) is 2.83. The molecule has 0 saturated heterocycles. The van der Waals surface area contributed by atoms with E-state index in [1.807, 2.05) is 30.3 Å². The average molecular weight is 364 g/mol. The lowest BCUT2D eigenvalue weighted by Crippen LogP contribution is -2.20. The Morgan fingerprint density at radius 1 is 1.33 bits per heavy atom. The number of hydrogen-bond acceptors (Lipinski definition) is 4. The monoisotopic (exact) mass is 364 g/mol. The Balaban J connectivity index is 1.51. The number of primary amides is 1. The fourth-order valence-electron chi connectivity index (χ4n) is 2.83. The van der Waals surface area contributed by atoms with E-state index < -0.39 is 18.1 Å². The van der Waals surface area contributed by atoms with Gasteiger partial charge >= 0.3 is 6.03 Å². The third-order valence-electron chi connectivity index (χ3n) is 4.07. The van der Waals surface area contributed by atoms with Crippen LogP contribution in [-0.4, -0.2) is 22.1 Å². The number of nitrogens with zero attached hydrogens (tertiary/aromatic N) is 2. The first-order chi connectivity index (χ1) is 13.1. The van der Waals surface area contributed by atoms with Crippen LogP contribution in [0.4, 0.5) is 9.18 Å². The Morgan fingerprint density at radius 2 is 2.15 bits per heavy atom. The van der Waals surface area contributed by atoms with Gasteiger partial charge < -0.3 is 15.2 Å². The van der Waals surface area contributed by atoms with Crippen molar-refractivity contribution in [2.75, 3.05) is 0 Å². The van der Waals surface area contributed by atoms with Gasteiger partial charge in [0.2, 0.25) is 6.29 Å². The molecule has 2 N–H and O–H groups in total. The van der Waals surface area contributed by atoms with E-state index in [2.05, 4.69) is 11.2 Å². The smallest absolute Gasteiger partial charge is 0.340 e. The van der Waals surface area contributed by atoms with Crippen molar-refractivity contribution in [3.63, 3.8) is 0 Å². The van der Waals surface area contributed by atoms with Gasteiger partial charge in [0.05, 0.1) is 11.2 Å². The highest BCUT2D eigenvalue weighted by Gasteiger charge is 2.19. The minimum Gasteiger partial charge on any atom is -0.458 e. The number of allylic oxidation sites excluding steroid dienone is 1. The Kier molecular flexibility index (Phi) is 4.33. The number of fused-ring (bicyclic) bond motifs is 1. The van der Waals surface area contributed by atoms with Crippen molar-refractivity contribution in [1.82, 2.24) is 9.78 Å². The van der Waals surface area contributed by atoms with Crippen LogP contribution >= 0.6 is 0 Å². The molecule has 1 amide bonds. The van der Waals surface area contributed by atoms with Crippen LogP contribution < -0.4 is 5.73 Å². The summed E-state index contributed by atoms with van der Waals surface area (Å²) in [5.41, 5.74) is 7.12. The maximum atomic E-state index is 13.4. The Morgan fingerprint density at radius 3 is 2.93 bits per heavy atom. The Hall–Kier alpha value is -3.61. The minimum atomic E-state index is -0.798. The Labute approximate surface area is 154 Å². The molecule has 0 saturated carbocycles. The topological polar surface area (TPSA) is 79.4 Å². The molecule has 7 heteroatoms. The number of nitrogens with two attached hydrogens (primary N) is 1. The summed E-state index contributed by atoms with van der Waals surface area (Å²) in [4.78, 5) is 11.5. The zero-order chi connectivity index (χ0) is 18.8. The first-order valence-corrected chi connectivity index (χ1v) is 8.24. The second-order valence-electron chi connectivity index (χ2n) is 5.94. The van der Waals surface area contributed by atoms with Crippen LogP contribution in [0.1, 0.15) is 11.3 Å². The molecule has 1 aromatic heterocycles. The molecule has 1 aliphatic heterocycles. The summed E-state index contributed by atoms with van der Waals surface area (Å²) in [6.07, 6.45) is 5.04. The standard InChI is InChI=1S/C20H15FN3O3/c21-14-6-8-16-17(23-24(20(22)25)18(16)11-14)9-7-15-12-26-19(27-15)10-13-4-2-1-3-5-13/h1-5,7-9,11-12,19H,10H2,(H2,22,25). The lowest BCUT2D eigenvalue weighted by atomic mass is 10.1. The molecule has 1 unspecified atom stereocenters. The normalized spacial score (nSPS) is 16.3. The van der Waals surface area contributed by atoms with Crippen LogP contribution in [-0.2, 0) is 15.9 Å². The molecule has 4 rings (SSSR count). The molecule has 1 radical (unpaired) electrons. The van der Waals surface area contributed by atoms with Gasteiger partial charge in [0.15, 0.2) is 5.76 Å². The number of halogens is 1. The van der Waals surface area contributed by atoms with Crippen molar-refractivity contribution in [2.24, 2.45) is 5.73 Å². The lowest BCUT2D eigenvalue weighted by Gasteiger charge is -2.10. The van der Waals surface area contributed by atoms with Crippen molar-refractivity contribution in [3.8, 4) is 0 Å². The van der Waals surface area contributed by atoms with E-state index in [0.29, 0.717) is 23.3 Å². The number of carbonyl (C=O) groups excluding carboxylic acids is 1. The van der Waals surface area contributed by atoms with E-state index in [9.17, 15) is 9.18 Å². The third kappa shape index (κ3) is 3.52. The molecule has 2 aromatic carbocycles. The van der Waals surface area contributed by atoms with E-state index in [1.165, 1.54) is 12.3 Å². The van der Waals surface area contributed by atoms with Crippen molar-refractivity contribution in [1.29, 1.82) is 0 Å². The number of ether oxygens (including phenoxy) is 2. The van der Waals surface area contributed by atoms with Crippen molar-refractivity contribution >= 4 is 23.0 Å². The summed E-state index contributed by atoms with van der Waals surface area (Å²) in [5.74, 6) is -0.0804. The summed E-state index contributed by atoms with van der Waals surface area (Å²) in [5, 5.41) is 4.67. The predicted molar refractivity (Wildman–Crippen MR) is 96.7 cm³/mol. The maximum Gasteiger partial charge on any atom is 0.340 e. The number of benzene rings is 2. The van der Waals surface area contributed by atoms with Gasteiger partial charge in [0.25, 0.3) is 0 Å². The van der Waals surface area contributed by atoms with E-state index in [4.69, 9.17) is 15.2 Å². The molecule has 2 heterocycles. The van der Waals surface area contributed by atoms with Crippen LogP contribution in [0.25, 0.3) is 17.0 Å². The van der Waals surface area contributed by atoms with Crippen LogP contribution in [0, 0.1) is 11.9 Å². The zero-order valence-electron chi connectivity index (χ0n) is 14.1. The molecular formula is C20H15FN3O3. The van der Waals surface area contributed by atoms with Crippen LogP contribution in [0.15, 0.2) is 60.6 Å². The van der Waals surface area contributed by atoms with E-state index in [1.54, 1.807) is 12.2 Å². The quantitative estimate of drug-likeness (QED) is 0.770. The second-order valence-corrected chi connectivity index (χ2v) is 5.94. The van der Waals surface area contributed by atoms with Gasteiger partial charge in [-0.25, -0.2) is 9.18 Å². The van der Waals surface area contributed by atoms with Gasteiger partial charge in [-0.15, -0.1) is 0 Å². The summed E-state index contributed by atoms with van der Waals surface area (Å²) < 4.78 is 25.6. The van der Waals surface area contributed by atoms with Gasteiger partial charge in [-0.3, -0.25) is 0 Å². The first kappa shape index (κ1) is 16.8. The first-order valence-electron chi connectivity index (χ1n) is 8.24. The minimum absolute atomic E-state index is 0.276. The van der Waals surface area contributed by atoms with Gasteiger partial charge in [0.1, 0.15) is 12.1 Å². The number of aromatic nitrogens is 2. The van der Waals surface area contributed by atoms with Crippen molar-refractivity contribution in [3.05, 3.63) is 83.7 Å². The fraction of sp³-hybridized carbons (Fsp3) is 0.100. The second kappa shape index (κ2) is 6.95. The van der Waals surface area contributed by atoms with E-state index in [-0.39, 0.29) is 5.52 Å². The van der Waals surface area contributed by atoms with Crippen LogP contribution in [0.2, 0.25) is 0 Å². The van der Waals surface area contributed by atoms with Gasteiger partial charge in [-0.1, -0.05) is 30.3 Å². The molecule has 0 fully saturated rings. The number of amides is 1. The molecule has 0 bridgehead atoms. The maximum absolute atomic E-state index is 13.4. The largest absolute Gasteiger partial charge is 0.458 e. The van der Waals surface area contributed by atoms with Crippen LogP contribution in [0.3, 0.4) is 0 Å². The van der Waals surface area contributed by atoms with Gasteiger partial charge in [0, 0.05) is 23.9 Å². The SMILES string of the molecule is NC(=O)n1nc(C=CC2=COC(Cc3ccccc3)O2)c2c[c]c(F)cc21. The summed E-state index contributed by atoms with van der Waals surface area (Å²) in [6.45, 7) is 0. The molecule has 0 aliphatic carbocycles. The van der Waals surface area contributed by atoms with E-state index >= 15 is 0 Å². The highest BCUT2D eigenvalue weighted by molar-refractivity contribution is 5.94. The highest BCUT2D eigenvalue weighted by Crippen LogP contribution is 2.23. The highest BCUT2D eigenvalue weighted by atomic mass is 19.1. The number of carbonyl (C=O) groups is 1. The lowest BCUT2D eigenvalue weighted by molar-refractivity contribution is -0.0268.